The molecule has 3 aliphatic rings. The van der Waals surface area contributed by atoms with Crippen LogP contribution in [-0.4, -0.2) is 15.2 Å². The molecular formula is C51H40N4. The Balaban J connectivity index is 1.20. The second kappa shape index (κ2) is 12.0. The van der Waals surface area contributed by atoms with Gasteiger partial charge in [-0.1, -0.05) is 116 Å². The zero-order valence-corrected chi connectivity index (χ0v) is 31.1. The standard InChI is InChI=1S/C51H40N4/c1-33-28-29-51(2)42-26-27-46-48(41-21-8-11-25-45(41)53(46)36-16-4-3-5-17-36)50(42)55(47(51)30-33)49-35(32-52)15-13-22-38(49)34-14-12-18-37(31-34)54-43-23-9-6-19-39(43)40-20-7-10-24-44(40)54/h3-10,12-24,26-29,31,33,47H,11,25,30H2,1-2H3/t33?,47?,51-/m0/s1. The Kier molecular flexibility index (Phi) is 6.94. The fourth-order valence-corrected chi connectivity index (χ4v) is 10.2. The van der Waals surface area contributed by atoms with Gasteiger partial charge in [0.1, 0.15) is 6.07 Å². The van der Waals surface area contributed by atoms with Crippen LogP contribution in [0.2, 0.25) is 0 Å². The van der Waals surface area contributed by atoms with Crippen molar-refractivity contribution in [2.24, 2.45) is 5.92 Å². The average molecular weight is 709 g/mol. The molecule has 2 aliphatic carbocycles. The van der Waals surface area contributed by atoms with Crippen LogP contribution in [0.3, 0.4) is 0 Å². The molecule has 11 rings (SSSR count). The molecule has 3 heterocycles. The summed E-state index contributed by atoms with van der Waals surface area (Å²) in [6.07, 6.45) is 12.6. The van der Waals surface area contributed by atoms with E-state index < -0.39 is 0 Å². The van der Waals surface area contributed by atoms with Crippen molar-refractivity contribution in [1.82, 2.24) is 9.13 Å². The fraction of sp³-hybridized carbons (Fsp3) is 0.157. The summed E-state index contributed by atoms with van der Waals surface area (Å²) >= 11 is 0. The molecule has 0 spiro atoms. The SMILES string of the molecule is CC1C=C[C@@]2(C)c3ccc4c(c5c(n4-c4ccccc4)CCC=C5)c3N(c3c(C#N)cccc3-c3cccc(-n4c5ccccc5c5ccccc54)c3)C2C1. The van der Waals surface area contributed by atoms with Crippen molar-refractivity contribution in [3.8, 4) is 28.6 Å². The summed E-state index contributed by atoms with van der Waals surface area (Å²) in [7, 11) is 0. The number of hydrogen-bond donors (Lipinski definition) is 0. The number of nitriles is 1. The van der Waals surface area contributed by atoms with Crippen LogP contribution in [0.15, 0.2) is 152 Å². The number of hydrogen-bond acceptors (Lipinski definition) is 2. The summed E-state index contributed by atoms with van der Waals surface area (Å²) in [4.78, 5) is 2.61. The van der Waals surface area contributed by atoms with Crippen molar-refractivity contribution in [3.05, 3.63) is 174 Å². The molecule has 2 unspecified atom stereocenters. The molecule has 0 saturated heterocycles. The minimum absolute atomic E-state index is 0.130. The van der Waals surface area contributed by atoms with Gasteiger partial charge in [-0.3, -0.25) is 0 Å². The van der Waals surface area contributed by atoms with Gasteiger partial charge in [0.15, 0.2) is 0 Å². The van der Waals surface area contributed by atoms with Crippen LogP contribution in [0.25, 0.3) is 61.3 Å². The molecule has 3 atom stereocenters. The first-order valence-corrected chi connectivity index (χ1v) is 19.6. The topological polar surface area (TPSA) is 36.9 Å². The smallest absolute Gasteiger partial charge is 0.101 e. The first-order chi connectivity index (χ1) is 27.0. The summed E-state index contributed by atoms with van der Waals surface area (Å²) in [5.41, 5.74) is 14.7. The highest BCUT2D eigenvalue weighted by atomic mass is 15.2. The second-order valence-electron chi connectivity index (χ2n) is 15.8. The molecule has 4 nitrogen and oxygen atoms in total. The minimum atomic E-state index is -0.235. The second-order valence-corrected chi connectivity index (χ2v) is 15.8. The predicted molar refractivity (Wildman–Crippen MR) is 228 cm³/mol. The van der Waals surface area contributed by atoms with Crippen molar-refractivity contribution < 1.29 is 0 Å². The van der Waals surface area contributed by atoms with Gasteiger partial charge in [-0.25, -0.2) is 0 Å². The zero-order chi connectivity index (χ0) is 36.8. The third kappa shape index (κ3) is 4.50. The Bertz CT molecular complexity index is 2910. The predicted octanol–water partition coefficient (Wildman–Crippen LogP) is 12.6. The number of anilines is 2. The van der Waals surface area contributed by atoms with Gasteiger partial charge in [0.05, 0.1) is 33.5 Å². The highest BCUT2D eigenvalue weighted by Crippen LogP contribution is 2.59. The van der Waals surface area contributed by atoms with E-state index >= 15 is 0 Å². The molecule has 1 aliphatic heterocycles. The molecule has 4 heteroatoms. The number of nitrogens with zero attached hydrogens (tertiary/aromatic N) is 4. The van der Waals surface area contributed by atoms with E-state index in [0.717, 1.165) is 41.8 Å². The van der Waals surface area contributed by atoms with Crippen LogP contribution in [-0.2, 0) is 11.8 Å². The number of para-hydroxylation sites is 4. The lowest BCUT2D eigenvalue weighted by atomic mass is 9.71. The molecule has 55 heavy (non-hydrogen) atoms. The Morgan fingerprint density at radius 3 is 2.22 bits per heavy atom. The van der Waals surface area contributed by atoms with Gasteiger partial charge in [0, 0.05) is 55.8 Å². The number of benzene rings is 6. The normalized spacial score (nSPS) is 19.8. The van der Waals surface area contributed by atoms with Gasteiger partial charge >= 0.3 is 0 Å². The van der Waals surface area contributed by atoms with Gasteiger partial charge in [-0.2, -0.15) is 5.26 Å². The van der Waals surface area contributed by atoms with Crippen LogP contribution < -0.4 is 4.90 Å². The minimum Gasteiger partial charge on any atom is -0.335 e. The van der Waals surface area contributed by atoms with E-state index in [-0.39, 0.29) is 11.5 Å². The number of aromatic nitrogens is 2. The van der Waals surface area contributed by atoms with E-state index in [1.54, 1.807) is 0 Å². The zero-order valence-electron chi connectivity index (χ0n) is 31.1. The van der Waals surface area contributed by atoms with E-state index in [0.29, 0.717) is 11.5 Å². The fourth-order valence-electron chi connectivity index (χ4n) is 10.2. The van der Waals surface area contributed by atoms with Gasteiger partial charge in [0.2, 0.25) is 0 Å². The molecule has 0 amide bonds. The maximum absolute atomic E-state index is 11.0. The first kappa shape index (κ1) is 31.9. The van der Waals surface area contributed by atoms with Crippen LogP contribution in [0, 0.1) is 17.2 Å². The van der Waals surface area contributed by atoms with Crippen LogP contribution >= 0.6 is 0 Å². The van der Waals surface area contributed by atoms with Gasteiger partial charge in [0.25, 0.3) is 0 Å². The highest BCUT2D eigenvalue weighted by Gasteiger charge is 2.51. The first-order valence-electron chi connectivity index (χ1n) is 19.6. The highest BCUT2D eigenvalue weighted by molar-refractivity contribution is 6.10. The maximum atomic E-state index is 11.0. The largest absolute Gasteiger partial charge is 0.335 e. The van der Waals surface area contributed by atoms with Gasteiger partial charge < -0.3 is 14.0 Å². The lowest BCUT2D eigenvalue weighted by molar-refractivity contribution is 0.394. The Labute approximate surface area is 321 Å². The maximum Gasteiger partial charge on any atom is 0.101 e. The number of rotatable bonds is 4. The van der Waals surface area contributed by atoms with E-state index in [2.05, 4.69) is 186 Å². The molecular weight excluding hydrogens is 669 g/mol. The molecule has 0 radical (unpaired) electrons. The molecule has 0 N–H and O–H groups in total. The summed E-state index contributed by atoms with van der Waals surface area (Å²) in [5, 5.41) is 14.8. The van der Waals surface area contributed by atoms with E-state index in [1.165, 1.54) is 60.9 Å². The third-order valence-electron chi connectivity index (χ3n) is 12.7. The summed E-state index contributed by atoms with van der Waals surface area (Å²) in [5.74, 6) is 0.407. The van der Waals surface area contributed by atoms with Gasteiger partial charge in [-0.05, 0) is 91.8 Å². The van der Waals surface area contributed by atoms with Gasteiger partial charge in [-0.15, -0.1) is 0 Å². The number of allylic oxidation sites excluding steroid dienone is 2. The molecule has 0 bridgehead atoms. The Morgan fingerprint density at radius 2 is 1.44 bits per heavy atom. The Morgan fingerprint density at radius 1 is 0.709 bits per heavy atom. The molecule has 0 saturated carbocycles. The van der Waals surface area contributed by atoms with Crippen LogP contribution in [0.1, 0.15) is 49.1 Å². The van der Waals surface area contributed by atoms with E-state index in [1.807, 2.05) is 6.07 Å². The van der Waals surface area contributed by atoms with E-state index in [9.17, 15) is 5.26 Å². The molecule has 2 aromatic heterocycles. The third-order valence-corrected chi connectivity index (χ3v) is 12.7. The molecule has 264 valence electrons. The summed E-state index contributed by atoms with van der Waals surface area (Å²) in [6.45, 7) is 4.74. The summed E-state index contributed by atoms with van der Waals surface area (Å²) in [6, 6.07) is 50.9. The lowest BCUT2D eigenvalue weighted by Gasteiger charge is -2.40. The van der Waals surface area contributed by atoms with Crippen molar-refractivity contribution in [1.29, 1.82) is 5.26 Å². The van der Waals surface area contributed by atoms with Crippen LogP contribution in [0.4, 0.5) is 11.4 Å². The molecule has 6 aromatic carbocycles. The van der Waals surface area contributed by atoms with E-state index in [4.69, 9.17) is 0 Å². The van der Waals surface area contributed by atoms with Crippen LogP contribution in [0.5, 0.6) is 0 Å². The molecule has 8 aromatic rings. The Hall–Kier alpha value is -6.57. The monoisotopic (exact) mass is 708 g/mol. The van der Waals surface area contributed by atoms with Crippen molar-refractivity contribution in [2.75, 3.05) is 4.90 Å². The average Bonchev–Trinajstić information content (AvgIpc) is 3.84. The number of fused-ring (bicyclic) bond motifs is 10. The lowest BCUT2D eigenvalue weighted by Crippen LogP contribution is -2.43. The molecule has 0 fully saturated rings. The van der Waals surface area contributed by atoms with Crippen molar-refractivity contribution in [2.45, 2.75) is 44.6 Å². The summed E-state index contributed by atoms with van der Waals surface area (Å²) < 4.78 is 4.87. The van der Waals surface area contributed by atoms with Crippen molar-refractivity contribution >= 4 is 50.2 Å². The quantitative estimate of drug-likeness (QED) is 0.171. The van der Waals surface area contributed by atoms with Crippen molar-refractivity contribution in [3.63, 3.8) is 0 Å².